The predicted molar refractivity (Wildman–Crippen MR) is 109 cm³/mol. The van der Waals surface area contributed by atoms with Crippen LogP contribution in [-0.2, 0) is 14.8 Å². The normalized spacial score (nSPS) is 17.4. The van der Waals surface area contributed by atoms with Gasteiger partial charge in [0.2, 0.25) is 5.91 Å². The molecule has 0 bridgehead atoms. The highest BCUT2D eigenvalue weighted by Crippen LogP contribution is 2.24. The smallest absolute Gasteiger partial charge is 0.263 e. The first-order chi connectivity index (χ1) is 12.7. The lowest BCUT2D eigenvalue weighted by Gasteiger charge is -2.17. The zero-order valence-electron chi connectivity index (χ0n) is 15.2. The Morgan fingerprint density at radius 2 is 1.89 bits per heavy atom. The van der Waals surface area contributed by atoms with Crippen LogP contribution in [0.3, 0.4) is 0 Å². The van der Waals surface area contributed by atoms with E-state index in [1.54, 1.807) is 24.3 Å². The summed E-state index contributed by atoms with van der Waals surface area (Å²) in [5.41, 5.74) is 2.15. The summed E-state index contributed by atoms with van der Waals surface area (Å²) in [4.78, 5) is 17.4. The number of nitrogens with one attached hydrogen (secondary N) is 2. The van der Waals surface area contributed by atoms with E-state index in [0.29, 0.717) is 11.3 Å². The minimum atomic E-state index is -3.64. The van der Waals surface area contributed by atoms with E-state index in [0.717, 1.165) is 10.0 Å². The van der Waals surface area contributed by atoms with Gasteiger partial charge in [-0.15, -0.1) is 0 Å². The lowest BCUT2D eigenvalue weighted by atomic mass is 10.0. The largest absolute Gasteiger partial charge is 0.324 e. The Bertz CT molecular complexity index is 1030. The van der Waals surface area contributed by atoms with E-state index in [9.17, 15) is 13.2 Å². The number of anilines is 1. The van der Waals surface area contributed by atoms with E-state index in [1.165, 1.54) is 6.07 Å². The average molecular weight is 450 g/mol. The van der Waals surface area contributed by atoms with Crippen molar-refractivity contribution in [3.05, 3.63) is 58.1 Å². The summed E-state index contributed by atoms with van der Waals surface area (Å²) in [6.45, 7) is 5.68. The molecule has 1 atom stereocenters. The van der Waals surface area contributed by atoms with Gasteiger partial charge in [0, 0.05) is 15.7 Å². The van der Waals surface area contributed by atoms with E-state index in [-0.39, 0.29) is 22.6 Å². The van der Waals surface area contributed by atoms with Crippen LogP contribution < -0.4 is 10.0 Å². The number of benzene rings is 2. The van der Waals surface area contributed by atoms with Gasteiger partial charge in [-0.2, -0.15) is 0 Å². The maximum absolute atomic E-state index is 12.8. The SMILES string of the molecule is Cc1cc(NC(=O)C(N=C2NS(=O)(=O)c3ccccc32)C(C)C)ccc1Br. The summed E-state index contributed by atoms with van der Waals surface area (Å²) in [6.07, 6.45) is 0. The molecular weight excluding hydrogens is 430 g/mol. The van der Waals surface area contributed by atoms with E-state index >= 15 is 0 Å². The van der Waals surface area contributed by atoms with E-state index in [4.69, 9.17) is 0 Å². The van der Waals surface area contributed by atoms with Gasteiger partial charge in [-0.25, -0.2) is 8.42 Å². The van der Waals surface area contributed by atoms with Gasteiger partial charge in [0.25, 0.3) is 10.0 Å². The maximum atomic E-state index is 12.8. The van der Waals surface area contributed by atoms with Crippen molar-refractivity contribution in [3.63, 3.8) is 0 Å². The van der Waals surface area contributed by atoms with E-state index in [2.05, 4.69) is 31.0 Å². The number of nitrogens with zero attached hydrogens (tertiary/aromatic N) is 1. The van der Waals surface area contributed by atoms with Crippen LogP contribution >= 0.6 is 15.9 Å². The van der Waals surface area contributed by atoms with Crippen LogP contribution in [0.2, 0.25) is 0 Å². The van der Waals surface area contributed by atoms with Crippen molar-refractivity contribution in [2.75, 3.05) is 5.32 Å². The first kappa shape index (κ1) is 19.6. The van der Waals surface area contributed by atoms with Gasteiger partial charge in [0.15, 0.2) is 0 Å². The number of halogens is 1. The van der Waals surface area contributed by atoms with Crippen LogP contribution in [0.5, 0.6) is 0 Å². The quantitative estimate of drug-likeness (QED) is 0.748. The minimum absolute atomic E-state index is 0.119. The molecular formula is C19H20BrN3O3S. The Morgan fingerprint density at radius 1 is 1.19 bits per heavy atom. The number of hydrogen-bond acceptors (Lipinski definition) is 4. The summed E-state index contributed by atoms with van der Waals surface area (Å²) in [6, 6.07) is 11.4. The van der Waals surface area contributed by atoms with Crippen molar-refractivity contribution in [1.29, 1.82) is 0 Å². The maximum Gasteiger partial charge on any atom is 0.263 e. The number of aryl methyl sites for hydroxylation is 1. The number of hydrogen-bond donors (Lipinski definition) is 2. The first-order valence-electron chi connectivity index (χ1n) is 8.46. The van der Waals surface area contributed by atoms with Crippen LogP contribution in [0, 0.1) is 12.8 Å². The molecule has 1 unspecified atom stereocenters. The number of aliphatic imine (C=N–C) groups is 1. The standard InChI is InChI=1S/C19H20BrN3O3S/c1-11(2)17(19(24)21-13-8-9-15(20)12(3)10-13)22-18-14-6-4-5-7-16(14)27(25,26)23-18/h4-11,17H,1-3H3,(H,21,24)(H,22,23). The molecule has 2 aromatic rings. The molecule has 1 aliphatic heterocycles. The van der Waals surface area contributed by atoms with Crippen molar-refractivity contribution < 1.29 is 13.2 Å². The average Bonchev–Trinajstić information content (AvgIpc) is 2.86. The summed E-state index contributed by atoms with van der Waals surface area (Å²) in [5, 5.41) is 2.87. The zero-order chi connectivity index (χ0) is 19.8. The molecule has 0 aliphatic carbocycles. The molecule has 0 fully saturated rings. The molecule has 8 heteroatoms. The topological polar surface area (TPSA) is 87.6 Å². The Morgan fingerprint density at radius 3 is 2.56 bits per heavy atom. The Labute approximate surface area is 167 Å². The Kier molecular flexibility index (Phi) is 5.39. The molecule has 0 aromatic heterocycles. The third-order valence-corrected chi connectivity index (χ3v) is 6.54. The van der Waals surface area contributed by atoms with Gasteiger partial charge in [-0.05, 0) is 48.7 Å². The molecule has 0 spiro atoms. The molecule has 0 saturated carbocycles. The highest BCUT2D eigenvalue weighted by Gasteiger charge is 2.32. The number of carbonyl (C=O) groups excluding carboxylic acids is 1. The molecule has 1 aliphatic rings. The van der Waals surface area contributed by atoms with Gasteiger partial charge < -0.3 is 5.32 Å². The van der Waals surface area contributed by atoms with Gasteiger partial charge in [0.1, 0.15) is 11.9 Å². The summed E-state index contributed by atoms with van der Waals surface area (Å²) >= 11 is 3.43. The lowest BCUT2D eigenvalue weighted by Crippen LogP contribution is -2.34. The monoisotopic (exact) mass is 449 g/mol. The van der Waals surface area contributed by atoms with Crippen LogP contribution in [0.1, 0.15) is 25.0 Å². The fourth-order valence-corrected chi connectivity index (χ4v) is 4.30. The number of fused-ring (bicyclic) bond motifs is 1. The third kappa shape index (κ3) is 4.06. The van der Waals surface area contributed by atoms with Gasteiger partial charge in [-0.3, -0.25) is 14.5 Å². The van der Waals surface area contributed by atoms with Crippen molar-refractivity contribution in [2.45, 2.75) is 31.7 Å². The number of sulfonamides is 1. The second-order valence-electron chi connectivity index (χ2n) is 6.72. The summed E-state index contributed by atoms with van der Waals surface area (Å²) < 4.78 is 27.9. The van der Waals surface area contributed by atoms with Crippen molar-refractivity contribution in [2.24, 2.45) is 10.9 Å². The van der Waals surface area contributed by atoms with Crippen LogP contribution in [0.25, 0.3) is 0 Å². The van der Waals surface area contributed by atoms with Crippen molar-refractivity contribution >= 4 is 43.4 Å². The fraction of sp³-hybridized carbons (Fsp3) is 0.263. The highest BCUT2D eigenvalue weighted by atomic mass is 79.9. The number of amides is 1. The molecule has 27 heavy (non-hydrogen) atoms. The first-order valence-corrected chi connectivity index (χ1v) is 10.7. The number of carbonyl (C=O) groups is 1. The highest BCUT2D eigenvalue weighted by molar-refractivity contribution is 9.10. The summed E-state index contributed by atoms with van der Waals surface area (Å²) in [5.74, 6) is -0.208. The van der Waals surface area contributed by atoms with Gasteiger partial charge in [-0.1, -0.05) is 41.9 Å². The molecule has 6 nitrogen and oxygen atoms in total. The van der Waals surface area contributed by atoms with Crippen LogP contribution in [-0.4, -0.2) is 26.2 Å². The molecule has 2 N–H and O–H groups in total. The van der Waals surface area contributed by atoms with Crippen molar-refractivity contribution in [1.82, 2.24) is 4.72 Å². The molecule has 1 heterocycles. The molecule has 3 rings (SSSR count). The molecule has 2 aromatic carbocycles. The second-order valence-corrected chi connectivity index (χ2v) is 9.23. The zero-order valence-corrected chi connectivity index (χ0v) is 17.6. The van der Waals surface area contributed by atoms with Crippen LogP contribution in [0.15, 0.2) is 56.8 Å². The lowest BCUT2D eigenvalue weighted by molar-refractivity contribution is -0.118. The third-order valence-electron chi connectivity index (χ3n) is 4.26. The number of amidine groups is 1. The predicted octanol–water partition coefficient (Wildman–Crippen LogP) is 3.46. The number of rotatable bonds is 4. The second kappa shape index (κ2) is 7.44. The summed E-state index contributed by atoms with van der Waals surface area (Å²) in [7, 11) is -3.64. The molecule has 0 saturated heterocycles. The van der Waals surface area contributed by atoms with Crippen LogP contribution in [0.4, 0.5) is 5.69 Å². The molecule has 0 radical (unpaired) electrons. The van der Waals surface area contributed by atoms with E-state index in [1.807, 2.05) is 32.9 Å². The van der Waals surface area contributed by atoms with Gasteiger partial charge >= 0.3 is 0 Å². The molecule has 1 amide bonds. The minimum Gasteiger partial charge on any atom is -0.324 e. The van der Waals surface area contributed by atoms with E-state index < -0.39 is 16.1 Å². The van der Waals surface area contributed by atoms with Crippen molar-refractivity contribution in [3.8, 4) is 0 Å². The fourth-order valence-electron chi connectivity index (χ4n) is 2.82. The molecule has 142 valence electrons. The Hall–Kier alpha value is -2.19. The van der Waals surface area contributed by atoms with Gasteiger partial charge in [0.05, 0.1) is 4.90 Å². The Balaban J connectivity index is 1.91.